The Morgan fingerprint density at radius 2 is 0.851 bits per heavy atom. The van der Waals surface area contributed by atoms with E-state index in [1.54, 1.807) is 0 Å². The molecule has 0 fully saturated rings. The van der Waals surface area contributed by atoms with Gasteiger partial charge in [0.25, 0.3) is 0 Å². The number of hydrogen-bond donors (Lipinski definition) is 0. The van der Waals surface area contributed by atoms with Gasteiger partial charge < -0.3 is 13.7 Å². The smallest absolute Gasteiger partial charge is 0.135 e. The molecule has 2 heterocycles. The van der Waals surface area contributed by atoms with E-state index in [4.69, 9.17) is 8.83 Å². The highest BCUT2D eigenvalue weighted by molar-refractivity contribution is 6.08. The Labute approximate surface area is 272 Å². The number of nitrogens with zero attached hydrogens (tertiary/aromatic N) is 1. The molecule has 0 spiro atoms. The van der Waals surface area contributed by atoms with Crippen LogP contribution in [0, 0.1) is 13.8 Å². The molecule has 9 rings (SSSR count). The van der Waals surface area contributed by atoms with Crippen molar-refractivity contribution in [3.8, 4) is 22.3 Å². The second-order valence-corrected chi connectivity index (χ2v) is 12.4. The highest BCUT2D eigenvalue weighted by Crippen LogP contribution is 2.41. The zero-order chi connectivity index (χ0) is 31.5. The average molecular weight is 606 g/mol. The lowest BCUT2D eigenvalue weighted by atomic mass is 9.95. The van der Waals surface area contributed by atoms with Crippen molar-refractivity contribution in [2.75, 3.05) is 4.90 Å². The summed E-state index contributed by atoms with van der Waals surface area (Å²) in [6, 6.07) is 53.8. The first-order chi connectivity index (χ1) is 23.1. The number of anilines is 3. The molecule has 2 aromatic heterocycles. The lowest BCUT2D eigenvalue weighted by Crippen LogP contribution is -2.09. The van der Waals surface area contributed by atoms with Gasteiger partial charge >= 0.3 is 0 Å². The van der Waals surface area contributed by atoms with E-state index >= 15 is 0 Å². The summed E-state index contributed by atoms with van der Waals surface area (Å²) in [5.41, 5.74) is 14.1. The van der Waals surface area contributed by atoms with E-state index in [9.17, 15) is 0 Å². The van der Waals surface area contributed by atoms with E-state index in [0.717, 1.165) is 60.9 Å². The van der Waals surface area contributed by atoms with Crippen molar-refractivity contribution in [1.82, 2.24) is 0 Å². The number of furan rings is 2. The lowest BCUT2D eigenvalue weighted by Gasteiger charge is -2.26. The highest BCUT2D eigenvalue weighted by atomic mass is 16.3. The van der Waals surface area contributed by atoms with Crippen molar-refractivity contribution in [2.24, 2.45) is 0 Å². The van der Waals surface area contributed by atoms with Crippen LogP contribution in [0.4, 0.5) is 17.1 Å². The van der Waals surface area contributed by atoms with Gasteiger partial charge in [0.05, 0.1) is 0 Å². The second kappa shape index (κ2) is 10.8. The van der Waals surface area contributed by atoms with Crippen LogP contribution in [0.25, 0.3) is 66.1 Å². The zero-order valence-corrected chi connectivity index (χ0v) is 26.2. The van der Waals surface area contributed by atoms with E-state index in [1.165, 1.54) is 33.4 Å². The van der Waals surface area contributed by atoms with E-state index in [1.807, 2.05) is 24.3 Å². The predicted molar refractivity (Wildman–Crippen MR) is 196 cm³/mol. The van der Waals surface area contributed by atoms with Crippen LogP contribution in [0.15, 0.2) is 160 Å². The van der Waals surface area contributed by atoms with Crippen LogP contribution in [-0.2, 0) is 0 Å². The summed E-state index contributed by atoms with van der Waals surface area (Å²) in [4.78, 5) is 2.32. The van der Waals surface area contributed by atoms with Crippen LogP contribution < -0.4 is 4.90 Å². The first kappa shape index (κ1) is 27.3. The maximum Gasteiger partial charge on any atom is 0.135 e. The molecule has 0 N–H and O–H groups in total. The summed E-state index contributed by atoms with van der Waals surface area (Å²) in [5.74, 6) is 0. The molecular formula is C44H31NO2. The maximum absolute atomic E-state index is 6.19. The minimum atomic E-state index is 0.880. The van der Waals surface area contributed by atoms with Gasteiger partial charge in [0.1, 0.15) is 22.3 Å². The second-order valence-electron chi connectivity index (χ2n) is 12.4. The summed E-state index contributed by atoms with van der Waals surface area (Å²) in [7, 11) is 0. The number of rotatable bonds is 5. The molecule has 0 saturated heterocycles. The number of fused-ring (bicyclic) bond motifs is 6. The summed E-state index contributed by atoms with van der Waals surface area (Å²) in [5, 5.41) is 4.41. The number of benzene rings is 7. The Morgan fingerprint density at radius 1 is 0.340 bits per heavy atom. The molecule has 9 aromatic rings. The standard InChI is InChI=1S/C44H31NO2/c1-28-8-7-9-31(22-28)33-24-29(2)23-32(25-33)30-14-16-34(17-15-30)45(35-18-20-43-39(26-35)37-10-3-5-12-41(37)46-43)36-19-21-44-40(27-36)38-11-4-6-13-42(38)47-44/h3-27H,1-2H3. The SMILES string of the molecule is Cc1cccc(-c2cc(C)cc(-c3ccc(N(c4ccc5oc6ccccc6c5c4)c4ccc5oc6ccccc6c5c4)cc3)c2)c1. The molecule has 0 aliphatic rings. The summed E-state index contributed by atoms with van der Waals surface area (Å²) >= 11 is 0. The van der Waals surface area contributed by atoms with Crippen molar-refractivity contribution in [3.05, 3.63) is 163 Å². The van der Waals surface area contributed by atoms with Gasteiger partial charge in [0.2, 0.25) is 0 Å². The van der Waals surface area contributed by atoms with Gasteiger partial charge in [-0.3, -0.25) is 0 Å². The van der Waals surface area contributed by atoms with Gasteiger partial charge in [0.15, 0.2) is 0 Å². The van der Waals surface area contributed by atoms with Crippen molar-refractivity contribution in [3.63, 3.8) is 0 Å². The van der Waals surface area contributed by atoms with Gasteiger partial charge in [-0.1, -0.05) is 90.5 Å². The van der Waals surface area contributed by atoms with Crippen molar-refractivity contribution < 1.29 is 8.83 Å². The number of hydrogen-bond acceptors (Lipinski definition) is 3. The Morgan fingerprint density at radius 3 is 1.45 bits per heavy atom. The molecular weight excluding hydrogens is 574 g/mol. The molecule has 3 nitrogen and oxygen atoms in total. The fraction of sp³-hybridized carbons (Fsp3) is 0.0455. The number of aryl methyl sites for hydroxylation is 2. The molecule has 224 valence electrons. The molecule has 0 saturated carbocycles. The van der Waals surface area contributed by atoms with Gasteiger partial charge in [-0.15, -0.1) is 0 Å². The topological polar surface area (TPSA) is 29.5 Å². The van der Waals surface area contributed by atoms with Crippen LogP contribution in [-0.4, -0.2) is 0 Å². The van der Waals surface area contributed by atoms with E-state index < -0.39 is 0 Å². The molecule has 3 heteroatoms. The van der Waals surface area contributed by atoms with Crippen molar-refractivity contribution in [2.45, 2.75) is 13.8 Å². The van der Waals surface area contributed by atoms with Crippen molar-refractivity contribution in [1.29, 1.82) is 0 Å². The Kier molecular flexibility index (Phi) is 6.26. The van der Waals surface area contributed by atoms with Gasteiger partial charge in [-0.05, 0) is 108 Å². The summed E-state index contributed by atoms with van der Waals surface area (Å²) in [6.45, 7) is 4.31. The first-order valence-corrected chi connectivity index (χ1v) is 16.0. The average Bonchev–Trinajstić information content (AvgIpc) is 3.66. The lowest BCUT2D eigenvalue weighted by molar-refractivity contribution is 0.668. The third-order valence-electron chi connectivity index (χ3n) is 9.12. The van der Waals surface area contributed by atoms with Gasteiger partial charge in [-0.25, -0.2) is 0 Å². The molecule has 0 amide bonds. The number of para-hydroxylation sites is 2. The fourth-order valence-electron chi connectivity index (χ4n) is 6.90. The van der Waals surface area contributed by atoms with Crippen LogP contribution >= 0.6 is 0 Å². The molecule has 0 atom stereocenters. The molecule has 0 bridgehead atoms. The molecule has 0 unspecified atom stereocenters. The Bertz CT molecular complexity index is 2490. The highest BCUT2D eigenvalue weighted by Gasteiger charge is 2.18. The molecule has 0 aliphatic carbocycles. The quantitative estimate of drug-likeness (QED) is 0.195. The fourth-order valence-corrected chi connectivity index (χ4v) is 6.90. The Hall–Kier alpha value is -6.06. The van der Waals surface area contributed by atoms with Crippen LogP contribution in [0.5, 0.6) is 0 Å². The van der Waals surface area contributed by atoms with Gasteiger partial charge in [0, 0.05) is 38.6 Å². The molecule has 0 aliphatic heterocycles. The maximum atomic E-state index is 6.19. The van der Waals surface area contributed by atoms with Crippen LogP contribution in [0.1, 0.15) is 11.1 Å². The summed E-state index contributed by atoms with van der Waals surface area (Å²) < 4.78 is 12.4. The van der Waals surface area contributed by atoms with Crippen molar-refractivity contribution >= 4 is 60.9 Å². The largest absolute Gasteiger partial charge is 0.456 e. The minimum Gasteiger partial charge on any atom is -0.456 e. The first-order valence-electron chi connectivity index (χ1n) is 16.0. The van der Waals surface area contributed by atoms with Gasteiger partial charge in [-0.2, -0.15) is 0 Å². The molecule has 7 aromatic carbocycles. The molecule has 0 radical (unpaired) electrons. The third-order valence-corrected chi connectivity index (χ3v) is 9.12. The predicted octanol–water partition coefficient (Wildman–Crippen LogP) is 12.9. The zero-order valence-electron chi connectivity index (χ0n) is 26.2. The van der Waals surface area contributed by atoms with Crippen LogP contribution in [0.3, 0.4) is 0 Å². The minimum absolute atomic E-state index is 0.880. The monoisotopic (exact) mass is 605 g/mol. The van der Waals surface area contributed by atoms with E-state index in [-0.39, 0.29) is 0 Å². The third kappa shape index (κ3) is 4.76. The molecule has 47 heavy (non-hydrogen) atoms. The van der Waals surface area contributed by atoms with E-state index in [2.05, 4.69) is 146 Å². The van der Waals surface area contributed by atoms with Crippen LogP contribution in [0.2, 0.25) is 0 Å². The normalized spacial score (nSPS) is 11.6. The Balaban J connectivity index is 1.19. The van der Waals surface area contributed by atoms with E-state index in [0.29, 0.717) is 0 Å². The summed E-state index contributed by atoms with van der Waals surface area (Å²) in [6.07, 6.45) is 0.